The minimum atomic E-state index is -0.0235. The second-order valence-corrected chi connectivity index (χ2v) is 5.36. The van der Waals surface area contributed by atoms with Gasteiger partial charge in [0.05, 0.1) is 5.92 Å². The molecule has 2 rings (SSSR count). The zero-order valence-corrected chi connectivity index (χ0v) is 11.1. The third-order valence-corrected chi connectivity index (χ3v) is 3.88. The van der Waals surface area contributed by atoms with Crippen LogP contribution in [0.2, 0.25) is 0 Å². The molecule has 2 N–H and O–H groups in total. The van der Waals surface area contributed by atoms with E-state index in [2.05, 4.69) is 10.6 Å². The first kappa shape index (κ1) is 13.3. The average Bonchev–Trinajstić information content (AvgIpc) is 2.40. The summed E-state index contributed by atoms with van der Waals surface area (Å²) < 4.78 is 0. The summed E-state index contributed by atoms with van der Waals surface area (Å²) in [4.78, 5) is 25.3. The zero-order chi connectivity index (χ0) is 13.0. The number of hydrogen-bond donors (Lipinski definition) is 2. The number of carbonyl (C=O) groups excluding carboxylic acids is 2. The molecule has 2 saturated heterocycles. The molecular weight excluding hydrogens is 230 g/mol. The highest BCUT2D eigenvalue weighted by atomic mass is 16.2. The Morgan fingerprint density at radius 3 is 2.78 bits per heavy atom. The molecule has 18 heavy (non-hydrogen) atoms. The van der Waals surface area contributed by atoms with E-state index in [1.807, 2.05) is 0 Å². The maximum absolute atomic E-state index is 12.2. The molecule has 2 aliphatic heterocycles. The smallest absolute Gasteiger partial charge is 0.225 e. The van der Waals surface area contributed by atoms with Crippen molar-refractivity contribution >= 4 is 11.8 Å². The molecular formula is C13H23N3O2. The van der Waals surface area contributed by atoms with E-state index in [1.165, 1.54) is 0 Å². The van der Waals surface area contributed by atoms with E-state index in [-0.39, 0.29) is 23.8 Å². The maximum atomic E-state index is 12.2. The van der Waals surface area contributed by atoms with Gasteiger partial charge in [-0.1, -0.05) is 0 Å². The van der Waals surface area contributed by atoms with E-state index in [0.717, 1.165) is 45.3 Å². The summed E-state index contributed by atoms with van der Waals surface area (Å²) in [7, 11) is 0. The predicted octanol–water partition coefficient (Wildman–Crippen LogP) is 0.113. The van der Waals surface area contributed by atoms with Crippen LogP contribution in [0.5, 0.6) is 0 Å². The van der Waals surface area contributed by atoms with Crippen LogP contribution in [-0.2, 0) is 9.59 Å². The normalized spacial score (nSPS) is 28.8. The van der Waals surface area contributed by atoms with Crippen LogP contribution in [0.15, 0.2) is 0 Å². The van der Waals surface area contributed by atoms with Crippen LogP contribution in [0.3, 0.4) is 0 Å². The van der Waals surface area contributed by atoms with Gasteiger partial charge in [0.1, 0.15) is 0 Å². The second kappa shape index (κ2) is 6.18. The summed E-state index contributed by atoms with van der Waals surface area (Å²) in [6.07, 6.45) is 4.01. The zero-order valence-electron chi connectivity index (χ0n) is 11.1. The van der Waals surface area contributed by atoms with E-state index >= 15 is 0 Å². The topological polar surface area (TPSA) is 61.4 Å². The van der Waals surface area contributed by atoms with Gasteiger partial charge in [0, 0.05) is 32.6 Å². The molecule has 0 radical (unpaired) electrons. The Labute approximate surface area is 108 Å². The Bertz CT molecular complexity index is 313. The molecule has 0 saturated carbocycles. The average molecular weight is 253 g/mol. The fourth-order valence-electron chi connectivity index (χ4n) is 2.77. The molecule has 0 bridgehead atoms. The van der Waals surface area contributed by atoms with Crippen LogP contribution in [0.1, 0.15) is 32.6 Å². The molecule has 2 heterocycles. The fourth-order valence-corrected chi connectivity index (χ4v) is 2.77. The number of nitrogens with zero attached hydrogens (tertiary/aromatic N) is 1. The highest BCUT2D eigenvalue weighted by molar-refractivity contribution is 5.81. The van der Waals surface area contributed by atoms with Gasteiger partial charge in [-0.2, -0.15) is 0 Å². The molecule has 2 aliphatic rings. The van der Waals surface area contributed by atoms with E-state index in [4.69, 9.17) is 0 Å². The first-order valence-corrected chi connectivity index (χ1v) is 6.93. The molecule has 0 aromatic rings. The van der Waals surface area contributed by atoms with Gasteiger partial charge in [-0.3, -0.25) is 9.59 Å². The van der Waals surface area contributed by atoms with Gasteiger partial charge in [-0.25, -0.2) is 0 Å². The standard InChI is InChI=1S/C13H23N3O2/c1-10(17)16-7-3-4-11(9-16)13(18)15-12-5-2-6-14-8-12/h11-12,14H,2-9H2,1H3,(H,15,18)/t11?,12-/m0/s1. The van der Waals surface area contributed by atoms with E-state index in [9.17, 15) is 9.59 Å². The molecule has 2 atom stereocenters. The van der Waals surface area contributed by atoms with Crippen molar-refractivity contribution in [1.29, 1.82) is 0 Å². The van der Waals surface area contributed by atoms with Gasteiger partial charge in [0.25, 0.3) is 0 Å². The molecule has 102 valence electrons. The lowest BCUT2D eigenvalue weighted by atomic mass is 9.96. The van der Waals surface area contributed by atoms with E-state index in [0.29, 0.717) is 6.54 Å². The molecule has 0 aromatic carbocycles. The van der Waals surface area contributed by atoms with Gasteiger partial charge >= 0.3 is 0 Å². The summed E-state index contributed by atoms with van der Waals surface area (Å²) in [6, 6.07) is 0.263. The van der Waals surface area contributed by atoms with Crippen molar-refractivity contribution in [2.45, 2.75) is 38.6 Å². The van der Waals surface area contributed by atoms with Crippen molar-refractivity contribution in [1.82, 2.24) is 15.5 Å². The van der Waals surface area contributed by atoms with Gasteiger partial charge in [0.2, 0.25) is 11.8 Å². The summed E-state index contributed by atoms with van der Waals surface area (Å²) in [6.45, 7) is 4.87. The quantitative estimate of drug-likeness (QED) is 0.734. The van der Waals surface area contributed by atoms with Crippen molar-refractivity contribution in [2.75, 3.05) is 26.2 Å². The van der Waals surface area contributed by atoms with Crippen LogP contribution in [0, 0.1) is 5.92 Å². The minimum absolute atomic E-state index is 0.0235. The Kier molecular flexibility index (Phi) is 4.58. The number of likely N-dealkylation sites (tertiary alicyclic amines) is 1. The SMILES string of the molecule is CC(=O)N1CCCC(C(=O)N[C@H]2CCCNC2)C1. The van der Waals surface area contributed by atoms with Crippen molar-refractivity contribution < 1.29 is 9.59 Å². The predicted molar refractivity (Wildman–Crippen MR) is 69.0 cm³/mol. The van der Waals surface area contributed by atoms with Crippen LogP contribution in [0.25, 0.3) is 0 Å². The molecule has 5 heteroatoms. The number of amides is 2. The minimum Gasteiger partial charge on any atom is -0.352 e. The van der Waals surface area contributed by atoms with Crippen LogP contribution in [0.4, 0.5) is 0 Å². The lowest BCUT2D eigenvalue weighted by Gasteiger charge is -2.33. The summed E-state index contributed by atoms with van der Waals surface area (Å²) in [5.74, 6) is 0.172. The summed E-state index contributed by atoms with van der Waals surface area (Å²) in [5, 5.41) is 6.40. The van der Waals surface area contributed by atoms with Gasteiger partial charge in [-0.05, 0) is 32.2 Å². The van der Waals surface area contributed by atoms with E-state index < -0.39 is 0 Å². The number of piperidine rings is 2. The number of nitrogens with one attached hydrogen (secondary N) is 2. The Morgan fingerprint density at radius 1 is 1.28 bits per heavy atom. The lowest BCUT2D eigenvalue weighted by molar-refractivity contribution is -0.134. The monoisotopic (exact) mass is 253 g/mol. The van der Waals surface area contributed by atoms with E-state index in [1.54, 1.807) is 11.8 Å². The van der Waals surface area contributed by atoms with Crippen LogP contribution in [-0.4, -0.2) is 48.9 Å². The number of rotatable bonds is 2. The summed E-state index contributed by atoms with van der Waals surface area (Å²) >= 11 is 0. The van der Waals surface area contributed by atoms with Crippen molar-refractivity contribution in [3.05, 3.63) is 0 Å². The fraction of sp³-hybridized carbons (Fsp3) is 0.846. The highest BCUT2D eigenvalue weighted by Crippen LogP contribution is 2.17. The highest BCUT2D eigenvalue weighted by Gasteiger charge is 2.28. The Morgan fingerprint density at radius 2 is 2.11 bits per heavy atom. The number of hydrogen-bond acceptors (Lipinski definition) is 3. The molecule has 0 aromatic heterocycles. The lowest BCUT2D eigenvalue weighted by Crippen LogP contribution is -2.50. The van der Waals surface area contributed by atoms with Gasteiger partial charge < -0.3 is 15.5 Å². The molecule has 1 unspecified atom stereocenters. The molecule has 2 fully saturated rings. The second-order valence-electron chi connectivity index (χ2n) is 5.36. The Hall–Kier alpha value is -1.10. The first-order valence-electron chi connectivity index (χ1n) is 6.93. The number of carbonyl (C=O) groups is 2. The van der Waals surface area contributed by atoms with Crippen molar-refractivity contribution in [2.24, 2.45) is 5.92 Å². The molecule has 0 spiro atoms. The maximum Gasteiger partial charge on any atom is 0.225 e. The third kappa shape index (κ3) is 3.45. The molecule has 2 amide bonds. The summed E-state index contributed by atoms with van der Waals surface area (Å²) in [5.41, 5.74) is 0. The van der Waals surface area contributed by atoms with Crippen molar-refractivity contribution in [3.8, 4) is 0 Å². The largest absolute Gasteiger partial charge is 0.352 e. The van der Waals surface area contributed by atoms with Crippen molar-refractivity contribution in [3.63, 3.8) is 0 Å². The molecule has 5 nitrogen and oxygen atoms in total. The Balaban J connectivity index is 1.82. The van der Waals surface area contributed by atoms with Gasteiger partial charge in [-0.15, -0.1) is 0 Å². The van der Waals surface area contributed by atoms with Gasteiger partial charge in [0.15, 0.2) is 0 Å². The molecule has 0 aliphatic carbocycles. The third-order valence-electron chi connectivity index (χ3n) is 3.88. The van der Waals surface area contributed by atoms with Crippen LogP contribution >= 0.6 is 0 Å². The first-order chi connectivity index (χ1) is 8.66. The van der Waals surface area contributed by atoms with Crippen LogP contribution < -0.4 is 10.6 Å².